The number of nitro groups is 1. The van der Waals surface area contributed by atoms with Crippen molar-refractivity contribution in [2.75, 3.05) is 17.3 Å². The van der Waals surface area contributed by atoms with Gasteiger partial charge in [-0.1, -0.05) is 23.5 Å². The van der Waals surface area contributed by atoms with Crippen molar-refractivity contribution in [2.24, 2.45) is 0 Å². The van der Waals surface area contributed by atoms with Gasteiger partial charge in [-0.15, -0.1) is 0 Å². The van der Waals surface area contributed by atoms with Gasteiger partial charge < -0.3 is 5.32 Å². The number of aromatic nitrogens is 2. The fourth-order valence-electron chi connectivity index (χ4n) is 1.43. The molecule has 2 rings (SSSR count). The molecule has 0 fully saturated rings. The number of benzene rings is 1. The number of hydrogen-bond acceptors (Lipinski definition) is 8. The molecule has 0 bridgehead atoms. The van der Waals surface area contributed by atoms with E-state index in [1.165, 1.54) is 47.2 Å². The summed E-state index contributed by atoms with van der Waals surface area (Å²) in [4.78, 5) is 26.5. The van der Waals surface area contributed by atoms with Gasteiger partial charge in [-0.2, -0.15) is 4.37 Å². The van der Waals surface area contributed by atoms with E-state index in [0.717, 1.165) is 0 Å². The number of carbonyl (C=O) groups is 1. The number of thioether (sulfide) groups is 2. The molecule has 0 atom stereocenters. The quantitative estimate of drug-likeness (QED) is 0.356. The number of rotatable bonds is 6. The van der Waals surface area contributed by atoms with Gasteiger partial charge in [0.05, 0.1) is 16.4 Å². The number of hydrogen-bond donors (Lipinski definition) is 1. The van der Waals surface area contributed by atoms with Crippen molar-refractivity contribution < 1.29 is 9.72 Å². The third kappa shape index (κ3) is 5.14. The number of carbonyl (C=O) groups excluding carboxylic acids is 1. The average molecular weight is 500 g/mol. The van der Waals surface area contributed by atoms with E-state index >= 15 is 0 Å². The second-order valence-corrected chi connectivity index (χ2v) is 8.38. The molecular formula is C11H8Br2N4O3S3. The molecule has 7 nitrogen and oxygen atoms in total. The Morgan fingerprint density at radius 1 is 1.43 bits per heavy atom. The Hall–Kier alpha value is -0.690. The summed E-state index contributed by atoms with van der Waals surface area (Å²) in [7, 11) is 0. The van der Waals surface area contributed by atoms with E-state index < -0.39 is 4.92 Å². The first kappa shape index (κ1) is 18.6. The van der Waals surface area contributed by atoms with Gasteiger partial charge in [0, 0.05) is 21.1 Å². The summed E-state index contributed by atoms with van der Waals surface area (Å²) in [6, 6.07) is 2.67. The lowest BCUT2D eigenvalue weighted by Gasteiger charge is -2.09. The number of nitro benzene ring substituents is 1. The van der Waals surface area contributed by atoms with Crippen molar-refractivity contribution in [3.05, 3.63) is 31.2 Å². The Balaban J connectivity index is 2.01. The third-order valence-electron chi connectivity index (χ3n) is 2.40. The standard InChI is InChI=1S/C11H8Br2N4O3S3/c1-21-10-15-11(23-16-10)22-4-8(18)14-9-6(12)2-5(17(19)20)3-7(9)13/h2-3H,4H2,1H3,(H,14,18). The lowest BCUT2D eigenvalue weighted by molar-refractivity contribution is -0.385. The van der Waals surface area contributed by atoms with Crippen molar-refractivity contribution in [1.82, 2.24) is 9.36 Å². The van der Waals surface area contributed by atoms with Gasteiger partial charge in [0.1, 0.15) is 0 Å². The molecule has 23 heavy (non-hydrogen) atoms. The highest BCUT2D eigenvalue weighted by molar-refractivity contribution is 9.11. The van der Waals surface area contributed by atoms with E-state index in [1.54, 1.807) is 0 Å². The van der Waals surface area contributed by atoms with Crippen molar-refractivity contribution in [3.8, 4) is 0 Å². The SMILES string of the molecule is CSc1nsc(SCC(=O)Nc2c(Br)cc([N+](=O)[O-])cc2Br)n1. The molecule has 12 heteroatoms. The lowest BCUT2D eigenvalue weighted by Crippen LogP contribution is -2.15. The average Bonchev–Trinajstić information content (AvgIpc) is 2.96. The zero-order chi connectivity index (χ0) is 17.0. The highest BCUT2D eigenvalue weighted by Crippen LogP contribution is 2.35. The molecule has 1 aromatic carbocycles. The molecule has 1 N–H and O–H groups in total. The molecule has 1 aromatic heterocycles. The van der Waals surface area contributed by atoms with E-state index in [2.05, 4.69) is 46.5 Å². The van der Waals surface area contributed by atoms with Gasteiger partial charge in [-0.3, -0.25) is 14.9 Å². The van der Waals surface area contributed by atoms with Gasteiger partial charge >= 0.3 is 0 Å². The number of anilines is 1. The van der Waals surface area contributed by atoms with Crippen LogP contribution < -0.4 is 5.32 Å². The normalized spacial score (nSPS) is 10.6. The molecule has 2 aromatic rings. The van der Waals surface area contributed by atoms with E-state index in [-0.39, 0.29) is 17.3 Å². The summed E-state index contributed by atoms with van der Waals surface area (Å²) in [6.07, 6.45) is 1.88. The molecule has 1 amide bonds. The molecule has 1 heterocycles. The summed E-state index contributed by atoms with van der Waals surface area (Å²) >= 11 is 10.4. The van der Waals surface area contributed by atoms with Crippen LogP contribution in [0.2, 0.25) is 0 Å². The molecule has 0 spiro atoms. The van der Waals surface area contributed by atoms with Crippen LogP contribution in [0.1, 0.15) is 0 Å². The lowest BCUT2D eigenvalue weighted by atomic mass is 10.3. The molecule has 0 radical (unpaired) electrons. The minimum absolute atomic E-state index is 0.0745. The number of nitrogens with one attached hydrogen (secondary N) is 1. The predicted octanol–water partition coefficient (Wildman–Crippen LogP) is 4.42. The molecule has 0 unspecified atom stereocenters. The van der Waals surface area contributed by atoms with Crippen LogP contribution in [0.3, 0.4) is 0 Å². The Labute approximate surface area is 160 Å². The van der Waals surface area contributed by atoms with Gasteiger partial charge in [-0.25, -0.2) is 4.98 Å². The third-order valence-corrected chi connectivity index (χ3v) is 6.15. The summed E-state index contributed by atoms with van der Waals surface area (Å²) in [6.45, 7) is 0. The van der Waals surface area contributed by atoms with Crippen LogP contribution in [0.15, 0.2) is 30.6 Å². The fraction of sp³-hybridized carbons (Fsp3) is 0.182. The number of non-ortho nitro benzene ring substituents is 1. The Bertz CT molecular complexity index is 733. The van der Waals surface area contributed by atoms with Crippen LogP contribution in [-0.2, 0) is 4.79 Å². The van der Waals surface area contributed by atoms with Crippen molar-refractivity contribution in [1.29, 1.82) is 0 Å². The van der Waals surface area contributed by atoms with Crippen molar-refractivity contribution in [2.45, 2.75) is 9.50 Å². The van der Waals surface area contributed by atoms with Crippen molar-refractivity contribution >= 4 is 84.2 Å². The monoisotopic (exact) mass is 498 g/mol. The number of amides is 1. The van der Waals surface area contributed by atoms with Gasteiger partial charge in [0.15, 0.2) is 4.34 Å². The van der Waals surface area contributed by atoms with E-state index in [9.17, 15) is 14.9 Å². The number of nitrogens with zero attached hydrogens (tertiary/aromatic N) is 3. The van der Waals surface area contributed by atoms with Crippen LogP contribution in [0, 0.1) is 10.1 Å². The molecule has 0 saturated heterocycles. The topological polar surface area (TPSA) is 98.0 Å². The summed E-state index contributed by atoms with van der Waals surface area (Å²) in [5.74, 6) is -0.0787. The number of halogens is 2. The Kier molecular flexibility index (Phi) is 6.83. The molecular weight excluding hydrogens is 492 g/mol. The van der Waals surface area contributed by atoms with Gasteiger partial charge in [-0.05, 0) is 49.6 Å². The van der Waals surface area contributed by atoms with Gasteiger partial charge in [0.25, 0.3) is 5.69 Å². The second kappa shape index (κ2) is 8.42. The van der Waals surface area contributed by atoms with Gasteiger partial charge in [0.2, 0.25) is 11.1 Å². The van der Waals surface area contributed by atoms with E-state index in [1.807, 2.05) is 6.26 Å². The zero-order valence-electron chi connectivity index (χ0n) is 11.4. The molecule has 122 valence electrons. The van der Waals surface area contributed by atoms with E-state index in [4.69, 9.17) is 0 Å². The minimum atomic E-state index is -0.504. The maximum absolute atomic E-state index is 12.0. The Morgan fingerprint density at radius 3 is 2.61 bits per heavy atom. The summed E-state index contributed by atoms with van der Waals surface area (Å²) < 4.78 is 5.68. The largest absolute Gasteiger partial charge is 0.323 e. The zero-order valence-corrected chi connectivity index (χ0v) is 17.0. The molecule has 0 aliphatic carbocycles. The van der Waals surface area contributed by atoms with E-state index in [0.29, 0.717) is 24.1 Å². The minimum Gasteiger partial charge on any atom is -0.323 e. The first-order valence-electron chi connectivity index (χ1n) is 5.84. The van der Waals surface area contributed by atoms with Crippen LogP contribution in [0.5, 0.6) is 0 Å². The maximum atomic E-state index is 12.0. The van der Waals surface area contributed by atoms with Crippen LogP contribution in [0.4, 0.5) is 11.4 Å². The molecule has 0 saturated carbocycles. The Morgan fingerprint density at radius 2 is 2.09 bits per heavy atom. The van der Waals surface area contributed by atoms with Crippen LogP contribution >= 0.6 is 66.9 Å². The maximum Gasteiger partial charge on any atom is 0.271 e. The highest BCUT2D eigenvalue weighted by atomic mass is 79.9. The van der Waals surface area contributed by atoms with Crippen molar-refractivity contribution in [3.63, 3.8) is 0 Å². The summed E-state index contributed by atoms with van der Waals surface area (Å²) in [5.41, 5.74) is 0.373. The first-order valence-corrected chi connectivity index (χ1v) is 10.4. The summed E-state index contributed by atoms with van der Waals surface area (Å²) in [5, 5.41) is 14.2. The fourth-order valence-corrected chi connectivity index (χ4v) is 4.80. The van der Waals surface area contributed by atoms with Crippen LogP contribution in [0.25, 0.3) is 0 Å². The predicted molar refractivity (Wildman–Crippen MR) is 99.5 cm³/mol. The molecule has 0 aliphatic rings. The van der Waals surface area contributed by atoms with Crippen LogP contribution in [-0.4, -0.2) is 32.2 Å². The smallest absolute Gasteiger partial charge is 0.271 e. The second-order valence-electron chi connectivity index (χ2n) is 3.93. The first-order chi connectivity index (χ1) is 10.9. The molecule has 0 aliphatic heterocycles. The highest BCUT2D eigenvalue weighted by Gasteiger charge is 2.16.